The Labute approximate surface area is 195 Å². The van der Waals surface area contributed by atoms with Crippen molar-refractivity contribution in [2.24, 2.45) is 0 Å². The Morgan fingerprint density at radius 2 is 1.91 bits per heavy atom. The SMILES string of the molecule is C=CCc1cc(C(=O)NC(C)CC(=O)Nc2cccc(N3CCCC3)c2)cc(OC)c1OC. The van der Waals surface area contributed by atoms with Crippen LogP contribution in [0.2, 0.25) is 0 Å². The van der Waals surface area contributed by atoms with Gasteiger partial charge in [0.25, 0.3) is 5.91 Å². The van der Waals surface area contributed by atoms with Gasteiger partial charge in [0.15, 0.2) is 11.5 Å². The van der Waals surface area contributed by atoms with Gasteiger partial charge in [0.05, 0.1) is 14.2 Å². The molecule has 2 N–H and O–H groups in total. The highest BCUT2D eigenvalue weighted by molar-refractivity contribution is 5.96. The second kappa shape index (κ2) is 11.4. The molecule has 1 unspecified atom stereocenters. The number of hydrogen-bond donors (Lipinski definition) is 2. The van der Waals surface area contributed by atoms with Gasteiger partial charge in [-0.15, -0.1) is 6.58 Å². The Balaban J connectivity index is 1.61. The molecule has 1 heterocycles. The molecule has 33 heavy (non-hydrogen) atoms. The second-order valence-corrected chi connectivity index (χ2v) is 8.23. The van der Waals surface area contributed by atoms with E-state index in [1.807, 2.05) is 25.1 Å². The molecule has 7 heteroatoms. The fourth-order valence-corrected chi connectivity index (χ4v) is 4.09. The fraction of sp³-hybridized carbons (Fsp3) is 0.385. The van der Waals surface area contributed by atoms with E-state index in [0.717, 1.165) is 30.0 Å². The van der Waals surface area contributed by atoms with Gasteiger partial charge in [-0.25, -0.2) is 0 Å². The van der Waals surface area contributed by atoms with Crippen LogP contribution in [0.5, 0.6) is 11.5 Å². The predicted molar refractivity (Wildman–Crippen MR) is 132 cm³/mol. The van der Waals surface area contributed by atoms with Crippen molar-refractivity contribution in [1.82, 2.24) is 5.32 Å². The number of carbonyl (C=O) groups excluding carboxylic acids is 2. The first-order chi connectivity index (χ1) is 15.9. The van der Waals surface area contributed by atoms with Gasteiger partial charge in [-0.1, -0.05) is 12.1 Å². The van der Waals surface area contributed by atoms with Gasteiger partial charge < -0.3 is 25.0 Å². The number of rotatable bonds is 10. The highest BCUT2D eigenvalue weighted by atomic mass is 16.5. The summed E-state index contributed by atoms with van der Waals surface area (Å²) in [5, 5.41) is 5.84. The summed E-state index contributed by atoms with van der Waals surface area (Å²) in [5.41, 5.74) is 3.13. The third-order valence-corrected chi connectivity index (χ3v) is 5.65. The van der Waals surface area contributed by atoms with E-state index in [1.165, 1.54) is 20.0 Å². The molecule has 7 nitrogen and oxygen atoms in total. The first kappa shape index (κ1) is 24.2. The molecule has 0 aliphatic carbocycles. The Hall–Kier alpha value is -3.48. The van der Waals surface area contributed by atoms with Crippen LogP contribution in [0.4, 0.5) is 11.4 Å². The summed E-state index contributed by atoms with van der Waals surface area (Å²) in [5.74, 6) is 0.626. The molecule has 1 saturated heterocycles. The van der Waals surface area contributed by atoms with Crippen molar-refractivity contribution in [3.63, 3.8) is 0 Å². The summed E-state index contributed by atoms with van der Waals surface area (Å²) >= 11 is 0. The minimum absolute atomic E-state index is 0.152. The van der Waals surface area contributed by atoms with E-state index in [0.29, 0.717) is 23.5 Å². The molecule has 2 amide bonds. The summed E-state index contributed by atoms with van der Waals surface area (Å²) < 4.78 is 10.8. The molecule has 0 aromatic heterocycles. The van der Waals surface area contributed by atoms with Crippen molar-refractivity contribution >= 4 is 23.2 Å². The molecule has 1 fully saturated rings. The normalized spacial score (nSPS) is 13.8. The molecule has 0 radical (unpaired) electrons. The van der Waals surface area contributed by atoms with Crippen LogP contribution >= 0.6 is 0 Å². The molecular formula is C26H33N3O4. The van der Waals surface area contributed by atoms with E-state index < -0.39 is 0 Å². The predicted octanol–water partition coefficient (Wildman–Crippen LogP) is 4.18. The lowest BCUT2D eigenvalue weighted by molar-refractivity contribution is -0.116. The van der Waals surface area contributed by atoms with E-state index in [2.05, 4.69) is 28.2 Å². The summed E-state index contributed by atoms with van der Waals surface area (Å²) in [4.78, 5) is 27.7. The molecule has 1 atom stereocenters. The maximum absolute atomic E-state index is 12.8. The molecule has 0 saturated carbocycles. The van der Waals surface area contributed by atoms with E-state index in [-0.39, 0.29) is 24.3 Å². The fourth-order valence-electron chi connectivity index (χ4n) is 4.09. The lowest BCUT2D eigenvalue weighted by Gasteiger charge is -2.19. The number of amides is 2. The quantitative estimate of drug-likeness (QED) is 0.530. The number of ether oxygens (including phenoxy) is 2. The van der Waals surface area contributed by atoms with Crippen molar-refractivity contribution in [3.8, 4) is 11.5 Å². The van der Waals surface area contributed by atoms with Crippen molar-refractivity contribution in [2.75, 3.05) is 37.5 Å². The molecule has 3 rings (SSSR count). The van der Waals surface area contributed by atoms with E-state index in [1.54, 1.807) is 25.3 Å². The Morgan fingerprint density at radius 3 is 2.58 bits per heavy atom. The average molecular weight is 452 g/mol. The Morgan fingerprint density at radius 1 is 1.15 bits per heavy atom. The largest absolute Gasteiger partial charge is 0.493 e. The number of allylic oxidation sites excluding steroid dienone is 1. The van der Waals surface area contributed by atoms with Crippen LogP contribution < -0.4 is 25.0 Å². The summed E-state index contributed by atoms with van der Waals surface area (Å²) in [6.45, 7) is 7.66. The highest BCUT2D eigenvalue weighted by Gasteiger charge is 2.19. The van der Waals surface area contributed by atoms with Crippen LogP contribution in [0.25, 0.3) is 0 Å². The standard InChI is InChI=1S/C26H33N3O4/c1-5-9-19-15-20(16-23(32-3)25(19)33-4)26(31)27-18(2)14-24(30)28-21-10-8-11-22(17-21)29-12-6-7-13-29/h5,8,10-11,15-18H,1,6-7,9,12-14H2,2-4H3,(H,27,31)(H,28,30). The third kappa shape index (κ3) is 6.28. The number of hydrogen-bond acceptors (Lipinski definition) is 5. The van der Waals surface area contributed by atoms with Crippen molar-refractivity contribution in [1.29, 1.82) is 0 Å². The van der Waals surface area contributed by atoms with E-state index >= 15 is 0 Å². The zero-order valence-electron chi connectivity index (χ0n) is 19.6. The highest BCUT2D eigenvalue weighted by Crippen LogP contribution is 2.33. The van der Waals surface area contributed by atoms with Crippen molar-refractivity contribution in [3.05, 3.63) is 60.2 Å². The lowest BCUT2D eigenvalue weighted by atomic mass is 10.0. The number of carbonyl (C=O) groups is 2. The monoisotopic (exact) mass is 451 g/mol. The van der Waals surface area contributed by atoms with Gasteiger partial charge in [0, 0.05) is 48.1 Å². The Bertz CT molecular complexity index is 999. The Kier molecular flexibility index (Phi) is 8.35. The number of nitrogens with zero attached hydrogens (tertiary/aromatic N) is 1. The smallest absolute Gasteiger partial charge is 0.251 e. The first-order valence-corrected chi connectivity index (χ1v) is 11.3. The summed E-state index contributed by atoms with van der Waals surface area (Å²) in [6.07, 6.45) is 4.83. The van der Waals surface area contributed by atoms with Gasteiger partial charge in [-0.05, 0) is 56.5 Å². The molecule has 2 aromatic rings. The summed E-state index contributed by atoms with van der Waals surface area (Å²) in [6, 6.07) is 10.9. The summed E-state index contributed by atoms with van der Waals surface area (Å²) in [7, 11) is 3.09. The molecule has 1 aliphatic heterocycles. The van der Waals surface area contributed by atoms with Crippen LogP contribution in [0, 0.1) is 0 Å². The minimum atomic E-state index is -0.352. The van der Waals surface area contributed by atoms with E-state index in [9.17, 15) is 9.59 Å². The maximum Gasteiger partial charge on any atom is 0.251 e. The van der Waals surface area contributed by atoms with E-state index in [4.69, 9.17) is 9.47 Å². The van der Waals surface area contributed by atoms with Crippen LogP contribution in [0.3, 0.4) is 0 Å². The zero-order chi connectivity index (χ0) is 23.8. The van der Waals surface area contributed by atoms with Gasteiger partial charge >= 0.3 is 0 Å². The molecule has 176 valence electrons. The van der Waals surface area contributed by atoms with Gasteiger partial charge in [0.2, 0.25) is 5.91 Å². The molecule has 0 bridgehead atoms. The molecular weight excluding hydrogens is 418 g/mol. The second-order valence-electron chi connectivity index (χ2n) is 8.23. The van der Waals surface area contributed by atoms with Crippen LogP contribution in [0.1, 0.15) is 42.1 Å². The van der Waals surface area contributed by atoms with Gasteiger partial charge in [-0.3, -0.25) is 9.59 Å². The topological polar surface area (TPSA) is 79.9 Å². The maximum atomic E-state index is 12.8. The minimum Gasteiger partial charge on any atom is -0.493 e. The number of anilines is 2. The third-order valence-electron chi connectivity index (χ3n) is 5.65. The lowest BCUT2D eigenvalue weighted by Crippen LogP contribution is -2.35. The van der Waals surface area contributed by atoms with Gasteiger partial charge in [0.1, 0.15) is 0 Å². The first-order valence-electron chi connectivity index (χ1n) is 11.3. The molecule has 1 aliphatic rings. The number of nitrogens with one attached hydrogen (secondary N) is 2. The van der Waals surface area contributed by atoms with Crippen LogP contribution in [0.15, 0.2) is 49.1 Å². The van der Waals surface area contributed by atoms with Crippen molar-refractivity contribution < 1.29 is 19.1 Å². The van der Waals surface area contributed by atoms with Crippen LogP contribution in [-0.4, -0.2) is 45.2 Å². The van der Waals surface area contributed by atoms with Gasteiger partial charge in [-0.2, -0.15) is 0 Å². The number of methoxy groups -OCH3 is 2. The van der Waals surface area contributed by atoms with Crippen LogP contribution in [-0.2, 0) is 11.2 Å². The molecule has 2 aromatic carbocycles. The average Bonchev–Trinajstić information content (AvgIpc) is 3.33. The number of benzene rings is 2. The zero-order valence-corrected chi connectivity index (χ0v) is 19.6. The molecule has 0 spiro atoms. The van der Waals surface area contributed by atoms with Crippen molar-refractivity contribution in [2.45, 2.75) is 38.6 Å².